The number of carbonyl (C=O) groups is 2. The molecule has 1 unspecified atom stereocenters. The minimum Gasteiger partial charge on any atom is -0.362 e. The van der Waals surface area contributed by atoms with Gasteiger partial charge in [0.2, 0.25) is 0 Å². The first-order valence-corrected chi connectivity index (χ1v) is 7.54. The average molecular weight is 280 g/mol. The largest absolute Gasteiger partial charge is 0.362 e. The molecule has 3 nitrogen and oxygen atoms in total. The van der Waals surface area contributed by atoms with Crippen LogP contribution in [0.15, 0.2) is 36.4 Å². The summed E-state index contributed by atoms with van der Waals surface area (Å²) >= 11 is 0. The second kappa shape index (κ2) is 3.20. The number of allylic oxidation sites excluding steroid dienone is 2. The first-order valence-electron chi connectivity index (χ1n) is 7.54. The summed E-state index contributed by atoms with van der Waals surface area (Å²) in [6.07, 6.45) is 2.94. The van der Waals surface area contributed by atoms with Crippen molar-refractivity contribution < 1.29 is 14.3 Å². The maximum atomic E-state index is 12.5. The molecule has 2 fully saturated rings. The van der Waals surface area contributed by atoms with Crippen molar-refractivity contribution >= 4 is 11.6 Å². The summed E-state index contributed by atoms with van der Waals surface area (Å²) in [6, 6.07) is 8.24. The number of benzene rings is 1. The SMILES string of the molecule is CC1(C)OC12[C@H]1c3ccccc3[C@H]2[C@H]2C(=O)C=CC(=O)[C@H]21. The van der Waals surface area contributed by atoms with E-state index in [-0.39, 0.29) is 46.4 Å². The summed E-state index contributed by atoms with van der Waals surface area (Å²) in [5, 5.41) is 0. The Morgan fingerprint density at radius 3 is 1.71 bits per heavy atom. The molecule has 1 saturated heterocycles. The minimum absolute atomic E-state index is 0.0279. The van der Waals surface area contributed by atoms with Crippen LogP contribution in [0.4, 0.5) is 0 Å². The quantitative estimate of drug-likeness (QED) is 0.685. The van der Waals surface area contributed by atoms with Crippen LogP contribution < -0.4 is 0 Å². The summed E-state index contributed by atoms with van der Waals surface area (Å²) in [6.45, 7) is 4.16. The molecule has 1 aliphatic heterocycles. The number of epoxide rings is 1. The van der Waals surface area contributed by atoms with E-state index in [1.165, 1.54) is 23.3 Å². The molecule has 21 heavy (non-hydrogen) atoms. The second-order valence-corrected chi connectivity index (χ2v) is 7.18. The van der Waals surface area contributed by atoms with Crippen molar-refractivity contribution in [2.45, 2.75) is 36.9 Å². The van der Waals surface area contributed by atoms with E-state index in [0.717, 1.165) is 0 Å². The Balaban J connectivity index is 1.80. The minimum atomic E-state index is -0.358. The highest BCUT2D eigenvalue weighted by Crippen LogP contribution is 2.77. The van der Waals surface area contributed by atoms with Gasteiger partial charge in [0.15, 0.2) is 11.6 Å². The highest BCUT2D eigenvalue weighted by atomic mass is 16.6. The summed E-state index contributed by atoms with van der Waals surface area (Å²) in [7, 11) is 0. The molecular weight excluding hydrogens is 264 g/mol. The van der Waals surface area contributed by atoms with Crippen molar-refractivity contribution in [1.29, 1.82) is 0 Å². The Morgan fingerprint density at radius 1 is 0.905 bits per heavy atom. The summed E-state index contributed by atoms with van der Waals surface area (Å²) in [5.74, 6) is -0.229. The molecule has 0 radical (unpaired) electrons. The maximum Gasteiger partial charge on any atom is 0.160 e. The van der Waals surface area contributed by atoms with E-state index in [1.807, 2.05) is 12.1 Å². The van der Waals surface area contributed by atoms with Gasteiger partial charge in [-0.25, -0.2) is 0 Å². The van der Waals surface area contributed by atoms with Crippen molar-refractivity contribution in [2.75, 3.05) is 0 Å². The van der Waals surface area contributed by atoms with Crippen LogP contribution in [0.2, 0.25) is 0 Å². The highest BCUT2D eigenvalue weighted by molar-refractivity contribution is 6.09. The molecule has 0 N–H and O–H groups in total. The van der Waals surface area contributed by atoms with Crippen molar-refractivity contribution in [3.8, 4) is 0 Å². The Hall–Kier alpha value is -1.74. The fourth-order valence-corrected chi connectivity index (χ4v) is 5.41. The van der Waals surface area contributed by atoms with Gasteiger partial charge in [0, 0.05) is 23.7 Å². The topological polar surface area (TPSA) is 46.7 Å². The van der Waals surface area contributed by atoms with Gasteiger partial charge >= 0.3 is 0 Å². The molecule has 1 heterocycles. The van der Waals surface area contributed by atoms with Gasteiger partial charge in [-0.15, -0.1) is 0 Å². The van der Waals surface area contributed by atoms with Crippen LogP contribution in [0.5, 0.6) is 0 Å². The predicted octanol–water partition coefficient (Wildman–Crippen LogP) is 2.37. The monoisotopic (exact) mass is 280 g/mol. The summed E-state index contributed by atoms with van der Waals surface area (Å²) in [5.41, 5.74) is 1.80. The third kappa shape index (κ3) is 1.07. The molecule has 0 aromatic heterocycles. The average Bonchev–Trinajstić information content (AvgIpc) is 2.78. The molecule has 4 aliphatic rings. The zero-order valence-electron chi connectivity index (χ0n) is 12.0. The highest BCUT2D eigenvalue weighted by Gasteiger charge is 2.83. The van der Waals surface area contributed by atoms with Crippen LogP contribution in [0, 0.1) is 11.8 Å². The number of ketones is 2. The molecule has 5 rings (SSSR count). The molecule has 3 aliphatic carbocycles. The Kier molecular flexibility index (Phi) is 1.81. The third-order valence-corrected chi connectivity index (χ3v) is 6.09. The van der Waals surface area contributed by atoms with E-state index in [9.17, 15) is 9.59 Å². The van der Waals surface area contributed by atoms with Crippen LogP contribution in [0.3, 0.4) is 0 Å². The molecular formula is C18H16O3. The molecule has 106 valence electrons. The Labute approximate surface area is 123 Å². The first-order chi connectivity index (χ1) is 9.99. The number of rotatable bonds is 0. The van der Waals surface area contributed by atoms with Crippen molar-refractivity contribution in [2.24, 2.45) is 11.8 Å². The third-order valence-electron chi connectivity index (χ3n) is 6.09. The molecule has 2 bridgehead atoms. The first kappa shape index (κ1) is 11.9. The van der Waals surface area contributed by atoms with Gasteiger partial charge in [-0.1, -0.05) is 24.3 Å². The van der Waals surface area contributed by atoms with Gasteiger partial charge in [-0.05, 0) is 37.1 Å². The van der Waals surface area contributed by atoms with Gasteiger partial charge in [-0.2, -0.15) is 0 Å². The Morgan fingerprint density at radius 2 is 1.33 bits per heavy atom. The lowest BCUT2D eigenvalue weighted by molar-refractivity contribution is -0.128. The van der Waals surface area contributed by atoms with Gasteiger partial charge in [0.25, 0.3) is 0 Å². The smallest absolute Gasteiger partial charge is 0.160 e. The van der Waals surface area contributed by atoms with E-state index >= 15 is 0 Å². The van der Waals surface area contributed by atoms with Gasteiger partial charge in [0.1, 0.15) is 5.60 Å². The van der Waals surface area contributed by atoms with E-state index in [1.54, 1.807) is 0 Å². The van der Waals surface area contributed by atoms with Crippen LogP contribution in [0.1, 0.15) is 36.8 Å². The number of hydrogen-bond donors (Lipinski definition) is 0. The fraction of sp³-hybridized carbons (Fsp3) is 0.444. The molecule has 3 heteroatoms. The van der Waals surface area contributed by atoms with Crippen molar-refractivity contribution in [3.63, 3.8) is 0 Å². The molecule has 5 atom stereocenters. The van der Waals surface area contributed by atoms with E-state index in [0.29, 0.717) is 0 Å². The van der Waals surface area contributed by atoms with Gasteiger partial charge in [-0.3, -0.25) is 9.59 Å². The van der Waals surface area contributed by atoms with Crippen LogP contribution in [0.25, 0.3) is 0 Å². The lowest BCUT2D eigenvalue weighted by atomic mass is 9.70. The zero-order chi connectivity index (χ0) is 14.6. The number of ether oxygens (including phenoxy) is 1. The molecule has 1 aromatic carbocycles. The van der Waals surface area contributed by atoms with E-state index in [4.69, 9.17) is 4.74 Å². The lowest BCUT2D eigenvalue weighted by Crippen LogP contribution is -2.35. The van der Waals surface area contributed by atoms with E-state index < -0.39 is 0 Å². The molecule has 1 saturated carbocycles. The van der Waals surface area contributed by atoms with Crippen LogP contribution in [-0.4, -0.2) is 22.8 Å². The van der Waals surface area contributed by atoms with Gasteiger partial charge < -0.3 is 4.74 Å². The molecule has 1 aromatic rings. The molecule has 0 amide bonds. The van der Waals surface area contributed by atoms with Gasteiger partial charge in [0.05, 0.1) is 5.60 Å². The second-order valence-electron chi connectivity index (χ2n) is 7.18. The van der Waals surface area contributed by atoms with Crippen LogP contribution in [-0.2, 0) is 14.3 Å². The zero-order valence-corrected chi connectivity index (χ0v) is 12.0. The van der Waals surface area contributed by atoms with Crippen LogP contribution >= 0.6 is 0 Å². The Bertz CT molecular complexity index is 692. The van der Waals surface area contributed by atoms with E-state index in [2.05, 4.69) is 26.0 Å². The summed E-state index contributed by atoms with van der Waals surface area (Å²) in [4.78, 5) is 24.9. The molecule has 1 spiro atoms. The predicted molar refractivity (Wildman–Crippen MR) is 76.0 cm³/mol. The lowest BCUT2D eigenvalue weighted by Gasteiger charge is -2.30. The number of fused-ring (bicyclic) bond motifs is 6. The summed E-state index contributed by atoms with van der Waals surface area (Å²) < 4.78 is 6.18. The normalized spacial score (nSPS) is 44.1. The maximum absolute atomic E-state index is 12.5. The number of hydrogen-bond acceptors (Lipinski definition) is 3. The van der Waals surface area contributed by atoms with Crippen molar-refractivity contribution in [1.82, 2.24) is 0 Å². The standard InChI is InChI=1S/C18H16O3/c1-17(2)18(21-17)15-9-5-3-4-6-10(9)16(18)14-12(20)8-7-11(19)13(14)15/h3-8,13-16H,1-2H3/t13-,14+,15-,16-,18?/m0/s1. The number of carbonyl (C=O) groups excluding carboxylic acids is 2. The fourth-order valence-electron chi connectivity index (χ4n) is 5.41. The van der Waals surface area contributed by atoms with Crippen molar-refractivity contribution in [3.05, 3.63) is 47.5 Å².